The first-order chi connectivity index (χ1) is 12.1. The number of ether oxygens (including phenoxy) is 1. The van der Waals surface area contributed by atoms with Gasteiger partial charge >= 0.3 is 0 Å². The summed E-state index contributed by atoms with van der Waals surface area (Å²) in [5.74, 6) is 0.582. The van der Waals surface area contributed by atoms with Crippen molar-refractivity contribution in [1.29, 1.82) is 0 Å². The van der Waals surface area contributed by atoms with Crippen LogP contribution in [0.4, 0.5) is 0 Å². The van der Waals surface area contributed by atoms with Crippen LogP contribution in [0.15, 0.2) is 48.5 Å². The van der Waals surface area contributed by atoms with Gasteiger partial charge < -0.3 is 15.0 Å². The summed E-state index contributed by atoms with van der Waals surface area (Å²) in [4.78, 5) is 26.2. The van der Waals surface area contributed by atoms with Gasteiger partial charge in [0.05, 0.1) is 7.11 Å². The molecule has 2 aromatic carbocycles. The molecule has 0 atom stereocenters. The van der Waals surface area contributed by atoms with Gasteiger partial charge in [0.15, 0.2) is 0 Å². The molecule has 5 nitrogen and oxygen atoms in total. The first-order valence-corrected chi connectivity index (χ1v) is 8.37. The Labute approximate surface area is 147 Å². The number of carbonyl (C=O) groups excluding carboxylic acids is 2. The lowest BCUT2D eigenvalue weighted by Gasteiger charge is -2.19. The van der Waals surface area contributed by atoms with E-state index in [0.29, 0.717) is 23.7 Å². The summed E-state index contributed by atoms with van der Waals surface area (Å²) < 4.78 is 5.33. The van der Waals surface area contributed by atoms with E-state index in [2.05, 4.69) is 5.32 Å². The highest BCUT2D eigenvalue weighted by molar-refractivity contribution is 5.97. The third-order valence-electron chi connectivity index (χ3n) is 4.25. The Bertz CT molecular complexity index is 767. The van der Waals surface area contributed by atoms with E-state index in [1.54, 1.807) is 43.3 Å². The van der Waals surface area contributed by atoms with Crippen molar-refractivity contribution in [2.45, 2.75) is 25.4 Å². The van der Waals surface area contributed by atoms with Gasteiger partial charge in [-0.05, 0) is 43.2 Å². The van der Waals surface area contributed by atoms with Crippen LogP contribution < -0.4 is 10.1 Å². The Balaban J connectivity index is 1.66. The number of amides is 2. The largest absolute Gasteiger partial charge is 0.496 e. The zero-order valence-corrected chi connectivity index (χ0v) is 14.5. The molecule has 1 N–H and O–H groups in total. The van der Waals surface area contributed by atoms with Crippen molar-refractivity contribution < 1.29 is 14.3 Å². The molecule has 1 aliphatic rings. The molecule has 2 aromatic rings. The van der Waals surface area contributed by atoms with Crippen LogP contribution in [-0.4, -0.2) is 36.9 Å². The van der Waals surface area contributed by atoms with Crippen LogP contribution in [0.1, 0.15) is 39.1 Å². The fraction of sp³-hybridized carbons (Fsp3) is 0.300. The van der Waals surface area contributed by atoms with Crippen molar-refractivity contribution in [3.05, 3.63) is 65.2 Å². The third kappa shape index (κ3) is 4.18. The van der Waals surface area contributed by atoms with Crippen LogP contribution in [0.2, 0.25) is 0 Å². The van der Waals surface area contributed by atoms with E-state index in [4.69, 9.17) is 4.74 Å². The van der Waals surface area contributed by atoms with E-state index in [1.807, 2.05) is 24.3 Å². The predicted molar refractivity (Wildman–Crippen MR) is 95.7 cm³/mol. The minimum absolute atomic E-state index is 0.0797. The summed E-state index contributed by atoms with van der Waals surface area (Å²) in [6.07, 6.45) is 2.10. The Hall–Kier alpha value is -2.82. The number of para-hydroxylation sites is 1. The molecule has 1 aliphatic carbocycles. The summed E-state index contributed by atoms with van der Waals surface area (Å²) in [5.41, 5.74) is 2.08. The van der Waals surface area contributed by atoms with E-state index in [-0.39, 0.29) is 11.8 Å². The maximum absolute atomic E-state index is 12.6. The molecule has 25 heavy (non-hydrogen) atoms. The molecule has 3 rings (SSSR count). The molecule has 0 aliphatic heterocycles. The van der Waals surface area contributed by atoms with Gasteiger partial charge in [0.1, 0.15) is 5.75 Å². The normalized spacial score (nSPS) is 13.2. The second kappa shape index (κ2) is 7.38. The first kappa shape index (κ1) is 17.0. The second-order valence-corrected chi connectivity index (χ2v) is 6.30. The third-order valence-corrected chi connectivity index (χ3v) is 4.25. The van der Waals surface area contributed by atoms with Gasteiger partial charge in [-0.15, -0.1) is 0 Å². The fourth-order valence-corrected chi connectivity index (χ4v) is 2.64. The van der Waals surface area contributed by atoms with E-state index >= 15 is 0 Å². The highest BCUT2D eigenvalue weighted by Gasteiger charge is 2.24. The van der Waals surface area contributed by atoms with Crippen molar-refractivity contribution in [2.24, 2.45) is 0 Å². The van der Waals surface area contributed by atoms with Crippen molar-refractivity contribution in [2.75, 3.05) is 14.2 Å². The van der Waals surface area contributed by atoms with Gasteiger partial charge in [0.2, 0.25) is 0 Å². The summed E-state index contributed by atoms with van der Waals surface area (Å²) in [6, 6.07) is 14.7. The van der Waals surface area contributed by atoms with Crippen LogP contribution in [0.3, 0.4) is 0 Å². The van der Waals surface area contributed by atoms with Crippen LogP contribution in [-0.2, 0) is 6.54 Å². The Morgan fingerprint density at radius 3 is 2.36 bits per heavy atom. The quantitative estimate of drug-likeness (QED) is 0.881. The molecule has 1 fully saturated rings. The van der Waals surface area contributed by atoms with E-state index in [9.17, 15) is 9.59 Å². The minimum Gasteiger partial charge on any atom is -0.496 e. The van der Waals surface area contributed by atoms with E-state index in [0.717, 1.165) is 24.2 Å². The van der Waals surface area contributed by atoms with Crippen molar-refractivity contribution >= 4 is 11.8 Å². The molecule has 5 heteroatoms. The van der Waals surface area contributed by atoms with E-state index in [1.165, 1.54) is 0 Å². The highest BCUT2D eigenvalue weighted by atomic mass is 16.5. The Kier molecular flexibility index (Phi) is 5.03. The molecular formula is C20H22N2O3. The molecule has 0 heterocycles. The second-order valence-electron chi connectivity index (χ2n) is 6.30. The molecule has 0 aromatic heterocycles. The summed E-state index contributed by atoms with van der Waals surface area (Å²) >= 11 is 0. The Morgan fingerprint density at radius 2 is 1.72 bits per heavy atom. The number of nitrogens with one attached hydrogen (secondary N) is 1. The maximum atomic E-state index is 12.6. The van der Waals surface area contributed by atoms with Crippen molar-refractivity contribution in [1.82, 2.24) is 10.2 Å². The summed E-state index contributed by atoms with van der Waals surface area (Å²) in [5, 5.41) is 2.94. The molecule has 0 saturated heterocycles. The zero-order chi connectivity index (χ0) is 17.8. The van der Waals surface area contributed by atoms with Gasteiger partial charge in [-0.1, -0.05) is 18.2 Å². The number of benzene rings is 2. The predicted octanol–water partition coefficient (Wildman–Crippen LogP) is 2.86. The molecule has 2 amide bonds. The molecule has 1 saturated carbocycles. The monoisotopic (exact) mass is 338 g/mol. The van der Waals surface area contributed by atoms with Gasteiger partial charge in [0, 0.05) is 36.3 Å². The first-order valence-electron chi connectivity index (χ1n) is 8.37. The van der Waals surface area contributed by atoms with Gasteiger partial charge in [-0.25, -0.2) is 0 Å². The number of methoxy groups -OCH3 is 1. The van der Waals surface area contributed by atoms with Gasteiger partial charge in [-0.2, -0.15) is 0 Å². The van der Waals surface area contributed by atoms with E-state index < -0.39 is 0 Å². The number of rotatable bonds is 6. The molecule has 0 unspecified atom stereocenters. The minimum atomic E-state index is -0.0972. The summed E-state index contributed by atoms with van der Waals surface area (Å²) in [6.45, 7) is 0.451. The van der Waals surface area contributed by atoms with Crippen molar-refractivity contribution in [3.63, 3.8) is 0 Å². The van der Waals surface area contributed by atoms with Crippen LogP contribution >= 0.6 is 0 Å². The number of carbonyl (C=O) groups is 2. The SMILES string of the molecule is COc1ccccc1CN(C)C(=O)c1ccc(C(=O)NC2CC2)cc1. The lowest BCUT2D eigenvalue weighted by Crippen LogP contribution is -2.27. The summed E-state index contributed by atoms with van der Waals surface area (Å²) in [7, 11) is 3.37. The fourth-order valence-electron chi connectivity index (χ4n) is 2.64. The highest BCUT2D eigenvalue weighted by Crippen LogP contribution is 2.21. The van der Waals surface area contributed by atoms with Crippen LogP contribution in [0.25, 0.3) is 0 Å². The number of hydrogen-bond acceptors (Lipinski definition) is 3. The number of hydrogen-bond donors (Lipinski definition) is 1. The standard InChI is InChI=1S/C20H22N2O3/c1-22(13-16-5-3-4-6-18(16)25-2)20(24)15-9-7-14(8-10-15)19(23)21-17-11-12-17/h3-10,17H,11-13H2,1-2H3,(H,21,23). The zero-order valence-electron chi connectivity index (χ0n) is 14.5. The molecule has 0 spiro atoms. The van der Waals surface area contributed by atoms with Crippen LogP contribution in [0, 0.1) is 0 Å². The lowest BCUT2D eigenvalue weighted by molar-refractivity contribution is 0.0783. The average molecular weight is 338 g/mol. The van der Waals surface area contributed by atoms with Crippen molar-refractivity contribution in [3.8, 4) is 5.75 Å². The number of nitrogens with zero attached hydrogens (tertiary/aromatic N) is 1. The Morgan fingerprint density at radius 1 is 1.08 bits per heavy atom. The smallest absolute Gasteiger partial charge is 0.253 e. The van der Waals surface area contributed by atoms with Gasteiger partial charge in [-0.3, -0.25) is 9.59 Å². The van der Waals surface area contributed by atoms with Crippen LogP contribution in [0.5, 0.6) is 5.75 Å². The van der Waals surface area contributed by atoms with Gasteiger partial charge in [0.25, 0.3) is 11.8 Å². The average Bonchev–Trinajstić information content (AvgIpc) is 3.45. The molecule has 0 radical (unpaired) electrons. The lowest BCUT2D eigenvalue weighted by atomic mass is 10.1. The molecular weight excluding hydrogens is 316 g/mol. The topological polar surface area (TPSA) is 58.6 Å². The molecule has 130 valence electrons. The molecule has 0 bridgehead atoms. The maximum Gasteiger partial charge on any atom is 0.253 e.